The van der Waals surface area contributed by atoms with Crippen molar-refractivity contribution in [3.63, 3.8) is 0 Å². The molecule has 0 saturated heterocycles. The van der Waals surface area contributed by atoms with Crippen LogP contribution in [-0.4, -0.2) is 59.3 Å². The highest BCUT2D eigenvalue weighted by atomic mass is 16.5. The first-order chi connectivity index (χ1) is 22.7. The Bertz CT molecular complexity index is 1780. The Labute approximate surface area is 270 Å². The minimum Gasteiger partial charge on any atom is -0.497 e. The topological polar surface area (TPSA) is 185 Å². The minimum absolute atomic E-state index is 0.0544. The number of hydrogen-bond donors (Lipinski definition) is 5. The summed E-state index contributed by atoms with van der Waals surface area (Å²) in [6.07, 6.45) is 2.60. The fraction of sp³-hybridized carbons (Fsp3) is 0.294. The van der Waals surface area contributed by atoms with Crippen LogP contribution in [0.15, 0.2) is 82.2 Å². The highest BCUT2D eigenvalue weighted by molar-refractivity contribution is 5.98. The number of fused-ring (bicyclic) bond motifs is 2. The van der Waals surface area contributed by atoms with Crippen LogP contribution in [0.25, 0.3) is 11.3 Å². The average Bonchev–Trinajstić information content (AvgIpc) is 3.58. The summed E-state index contributed by atoms with van der Waals surface area (Å²) in [6, 6.07) is 16.8. The number of pyridine rings is 1. The van der Waals surface area contributed by atoms with Gasteiger partial charge in [0.2, 0.25) is 17.7 Å². The van der Waals surface area contributed by atoms with E-state index in [1.165, 1.54) is 6.07 Å². The summed E-state index contributed by atoms with van der Waals surface area (Å²) in [6.45, 7) is 1.90. The highest BCUT2D eigenvalue weighted by Crippen LogP contribution is 2.20. The number of rotatable bonds is 6. The van der Waals surface area contributed by atoms with E-state index in [1.54, 1.807) is 44.4 Å². The molecule has 0 unspecified atom stereocenters. The van der Waals surface area contributed by atoms with Gasteiger partial charge in [0, 0.05) is 18.7 Å². The van der Waals surface area contributed by atoms with Crippen molar-refractivity contribution >= 4 is 23.6 Å². The summed E-state index contributed by atoms with van der Waals surface area (Å²) in [5, 5.41) is 11.0. The Kier molecular flexibility index (Phi) is 10.5. The molecule has 2 aromatic carbocycles. The Hall–Kier alpha value is -5.72. The van der Waals surface area contributed by atoms with Gasteiger partial charge in [-0.15, -0.1) is 0 Å². The predicted molar refractivity (Wildman–Crippen MR) is 172 cm³/mol. The van der Waals surface area contributed by atoms with Crippen molar-refractivity contribution in [2.75, 3.05) is 13.7 Å². The molecule has 2 bridgehead atoms. The Morgan fingerprint density at radius 2 is 1.72 bits per heavy atom. The minimum atomic E-state index is -1.02. The van der Waals surface area contributed by atoms with E-state index in [0.717, 1.165) is 17.4 Å². The van der Waals surface area contributed by atoms with Crippen molar-refractivity contribution < 1.29 is 28.3 Å². The van der Waals surface area contributed by atoms with E-state index in [-0.39, 0.29) is 42.4 Å². The first-order valence-electron chi connectivity index (χ1n) is 15.3. The molecule has 1 aliphatic rings. The molecule has 0 saturated carbocycles. The van der Waals surface area contributed by atoms with E-state index < -0.39 is 41.4 Å². The van der Waals surface area contributed by atoms with Gasteiger partial charge in [-0.2, -0.15) is 0 Å². The lowest BCUT2D eigenvalue weighted by molar-refractivity contribution is -0.124. The van der Waals surface area contributed by atoms with Gasteiger partial charge >= 0.3 is 0 Å². The Morgan fingerprint density at radius 3 is 2.45 bits per heavy atom. The number of H-pyrrole nitrogens is 1. The standard InChI is InChI=1S/C34H36N6O7/c1-20-34-40-28(19-47-34)33(45)39-27(18-21-8-4-3-5-9-21)31(43)35-17-7-6-10-26(32(44)36-20)38-30(42)24-15-16-25(37-29(24)41)22-11-13-23(46-2)14-12-22/h3-5,8-9,11-16,19-20,26-27H,6-7,10,17-18H2,1-2H3,(H,35,43)(H,36,44)(H,37,41)(H,38,42)(H,39,45)/t20-,26-,27-/m0/s1. The van der Waals surface area contributed by atoms with Gasteiger partial charge in [-0.1, -0.05) is 30.3 Å². The molecule has 0 aliphatic carbocycles. The van der Waals surface area contributed by atoms with Crippen molar-refractivity contribution in [2.45, 2.75) is 50.7 Å². The number of aromatic nitrogens is 2. The number of aromatic amines is 1. The quantitative estimate of drug-likeness (QED) is 0.213. The van der Waals surface area contributed by atoms with Crippen LogP contribution in [0.4, 0.5) is 0 Å². The second-order valence-electron chi connectivity index (χ2n) is 11.2. The molecular weight excluding hydrogens is 604 g/mol. The molecule has 4 amide bonds. The zero-order valence-corrected chi connectivity index (χ0v) is 26.0. The van der Waals surface area contributed by atoms with E-state index in [0.29, 0.717) is 24.3 Å². The van der Waals surface area contributed by atoms with Gasteiger partial charge in [-0.25, -0.2) is 4.98 Å². The van der Waals surface area contributed by atoms with Crippen LogP contribution in [0.2, 0.25) is 0 Å². The Balaban J connectivity index is 1.31. The van der Waals surface area contributed by atoms with Crippen LogP contribution >= 0.6 is 0 Å². The molecule has 5 N–H and O–H groups in total. The number of ether oxygens (including phenoxy) is 1. The van der Waals surface area contributed by atoms with Crippen LogP contribution in [0, 0.1) is 0 Å². The number of methoxy groups -OCH3 is 1. The zero-order chi connectivity index (χ0) is 33.3. The van der Waals surface area contributed by atoms with Gasteiger partial charge < -0.3 is 35.4 Å². The van der Waals surface area contributed by atoms with Crippen molar-refractivity contribution in [3.05, 3.63) is 106 Å². The van der Waals surface area contributed by atoms with Gasteiger partial charge in [-0.05, 0) is 73.7 Å². The molecule has 2 aromatic heterocycles. The zero-order valence-electron chi connectivity index (χ0n) is 26.0. The number of oxazole rings is 1. The van der Waals surface area contributed by atoms with Crippen LogP contribution in [-0.2, 0) is 16.0 Å². The third-order valence-electron chi connectivity index (χ3n) is 7.78. The molecule has 0 radical (unpaired) electrons. The van der Waals surface area contributed by atoms with Crippen LogP contribution in [0.1, 0.15) is 64.5 Å². The maximum atomic E-state index is 13.4. The van der Waals surface area contributed by atoms with E-state index in [9.17, 15) is 24.0 Å². The summed E-state index contributed by atoms with van der Waals surface area (Å²) in [4.78, 5) is 72.7. The molecule has 0 spiro atoms. The molecule has 244 valence electrons. The number of carbonyl (C=O) groups is 4. The molecule has 5 rings (SSSR count). The lowest BCUT2D eigenvalue weighted by atomic mass is 10.0. The fourth-order valence-corrected chi connectivity index (χ4v) is 5.16. The second-order valence-corrected chi connectivity index (χ2v) is 11.2. The molecule has 47 heavy (non-hydrogen) atoms. The van der Waals surface area contributed by atoms with Gasteiger partial charge in [0.15, 0.2) is 5.69 Å². The summed E-state index contributed by atoms with van der Waals surface area (Å²) >= 11 is 0. The SMILES string of the molecule is COc1ccc(-c2ccc(C(=O)N[C@H]3CCCCNC(=O)[C@H](Cc4ccccc4)NC(=O)c4coc(n4)[C@H](C)NC3=O)c(=O)[nH]2)cc1. The summed E-state index contributed by atoms with van der Waals surface area (Å²) in [5.74, 6) is -1.49. The Morgan fingerprint density at radius 1 is 0.957 bits per heavy atom. The molecule has 1 aliphatic heterocycles. The monoisotopic (exact) mass is 640 g/mol. The van der Waals surface area contributed by atoms with Crippen LogP contribution in [0.5, 0.6) is 5.75 Å². The number of nitrogens with one attached hydrogen (secondary N) is 5. The van der Waals surface area contributed by atoms with E-state index in [1.807, 2.05) is 30.3 Å². The van der Waals surface area contributed by atoms with Crippen molar-refractivity contribution in [3.8, 4) is 17.0 Å². The molecule has 3 atom stereocenters. The predicted octanol–water partition coefficient (Wildman–Crippen LogP) is 2.66. The molecule has 4 aromatic rings. The maximum Gasteiger partial charge on any atom is 0.273 e. The van der Waals surface area contributed by atoms with Crippen molar-refractivity contribution in [2.24, 2.45) is 0 Å². The summed E-state index contributed by atoms with van der Waals surface area (Å²) in [5.41, 5.74) is 1.28. The van der Waals surface area contributed by atoms with E-state index in [4.69, 9.17) is 9.15 Å². The summed E-state index contributed by atoms with van der Waals surface area (Å²) < 4.78 is 10.7. The van der Waals surface area contributed by atoms with E-state index >= 15 is 0 Å². The van der Waals surface area contributed by atoms with Crippen LogP contribution < -0.4 is 31.6 Å². The number of carbonyl (C=O) groups excluding carboxylic acids is 4. The lowest BCUT2D eigenvalue weighted by Crippen LogP contribution is -2.49. The number of benzene rings is 2. The van der Waals surface area contributed by atoms with Gasteiger partial charge in [0.25, 0.3) is 17.4 Å². The third kappa shape index (κ3) is 8.31. The maximum absolute atomic E-state index is 13.4. The normalized spacial score (nSPS) is 19.2. The highest BCUT2D eigenvalue weighted by Gasteiger charge is 2.28. The van der Waals surface area contributed by atoms with Gasteiger partial charge in [-0.3, -0.25) is 24.0 Å². The third-order valence-corrected chi connectivity index (χ3v) is 7.78. The van der Waals surface area contributed by atoms with E-state index in [2.05, 4.69) is 31.2 Å². The fourth-order valence-electron chi connectivity index (χ4n) is 5.16. The first-order valence-corrected chi connectivity index (χ1v) is 15.3. The molecule has 0 fully saturated rings. The van der Waals surface area contributed by atoms with Crippen LogP contribution in [0.3, 0.4) is 0 Å². The first kappa shape index (κ1) is 32.7. The lowest BCUT2D eigenvalue weighted by Gasteiger charge is -2.21. The smallest absolute Gasteiger partial charge is 0.273 e. The molecule has 3 heterocycles. The largest absolute Gasteiger partial charge is 0.497 e. The van der Waals surface area contributed by atoms with Gasteiger partial charge in [0.05, 0.1) is 7.11 Å². The second kappa shape index (κ2) is 15.0. The van der Waals surface area contributed by atoms with Crippen molar-refractivity contribution in [1.82, 2.24) is 31.2 Å². The molecular formula is C34H36N6O7. The number of hydrogen-bond acceptors (Lipinski definition) is 8. The molecule has 13 heteroatoms. The summed E-state index contributed by atoms with van der Waals surface area (Å²) in [7, 11) is 1.56. The van der Waals surface area contributed by atoms with Gasteiger partial charge in [0.1, 0.15) is 35.7 Å². The van der Waals surface area contributed by atoms with Crippen molar-refractivity contribution in [1.29, 1.82) is 0 Å². The average molecular weight is 641 g/mol. The number of amides is 4. The molecule has 13 nitrogen and oxygen atoms in total. The number of nitrogens with zero attached hydrogens (tertiary/aromatic N) is 1.